The van der Waals surface area contributed by atoms with Gasteiger partial charge in [-0.1, -0.05) is 44.6 Å². The number of anilines is 1. The highest BCUT2D eigenvalue weighted by Gasteiger charge is 2.25. The van der Waals surface area contributed by atoms with Gasteiger partial charge in [0.15, 0.2) is 5.11 Å². The molecule has 0 saturated heterocycles. The van der Waals surface area contributed by atoms with E-state index in [1.165, 1.54) is 61.8 Å². The maximum absolute atomic E-state index is 12.7. The first-order valence-corrected chi connectivity index (χ1v) is 13.0. The van der Waals surface area contributed by atoms with E-state index in [4.69, 9.17) is 17.0 Å². The molecule has 2 heterocycles. The van der Waals surface area contributed by atoms with Gasteiger partial charge in [-0.15, -0.1) is 22.7 Å². The predicted octanol–water partition coefficient (Wildman–Crippen LogP) is 5.87. The number of methoxy groups -OCH3 is 1. The summed E-state index contributed by atoms with van der Waals surface area (Å²) in [5, 5.41) is 8.67. The number of aryl methyl sites for hydroxylation is 1. The number of thiophene rings is 2. The summed E-state index contributed by atoms with van der Waals surface area (Å²) in [6.07, 6.45) is 11.8. The molecule has 0 aliphatic heterocycles. The van der Waals surface area contributed by atoms with E-state index < -0.39 is 0 Å². The highest BCUT2D eigenvalue weighted by Crippen LogP contribution is 2.37. The summed E-state index contributed by atoms with van der Waals surface area (Å²) >= 11 is 8.48. The molecule has 5 nitrogen and oxygen atoms in total. The summed E-state index contributed by atoms with van der Waals surface area (Å²) in [5.41, 5.74) is 1.67. The van der Waals surface area contributed by atoms with Crippen molar-refractivity contribution < 1.29 is 14.3 Å². The third-order valence-corrected chi connectivity index (χ3v) is 7.74. The van der Waals surface area contributed by atoms with Crippen LogP contribution in [0.2, 0.25) is 0 Å². The maximum Gasteiger partial charge on any atom is 0.341 e. The molecule has 0 saturated carbocycles. The second kappa shape index (κ2) is 12.3. The van der Waals surface area contributed by atoms with Crippen LogP contribution in [0.1, 0.15) is 77.0 Å². The molecule has 2 aromatic rings. The zero-order chi connectivity index (χ0) is 22.1. The van der Waals surface area contributed by atoms with Gasteiger partial charge in [0.25, 0.3) is 0 Å². The monoisotopic (exact) mass is 478 g/mol. The van der Waals surface area contributed by atoms with E-state index >= 15 is 0 Å². The number of ether oxygens (including phenoxy) is 1. The van der Waals surface area contributed by atoms with Gasteiger partial charge in [0.1, 0.15) is 5.00 Å². The van der Waals surface area contributed by atoms with Crippen molar-refractivity contribution in [2.24, 2.45) is 0 Å². The number of carbonyl (C=O) groups is 2. The molecule has 0 unspecified atom stereocenters. The van der Waals surface area contributed by atoms with Gasteiger partial charge in [-0.05, 0) is 54.9 Å². The van der Waals surface area contributed by atoms with Crippen molar-refractivity contribution in [2.75, 3.05) is 12.4 Å². The van der Waals surface area contributed by atoms with E-state index in [-0.39, 0.29) is 23.4 Å². The fourth-order valence-electron chi connectivity index (χ4n) is 3.91. The van der Waals surface area contributed by atoms with Crippen LogP contribution in [0.5, 0.6) is 0 Å². The maximum atomic E-state index is 12.7. The number of hydrogen-bond donors (Lipinski definition) is 2. The number of esters is 1. The van der Waals surface area contributed by atoms with Crippen molar-refractivity contribution in [3.63, 3.8) is 0 Å². The van der Waals surface area contributed by atoms with Gasteiger partial charge < -0.3 is 15.4 Å². The van der Waals surface area contributed by atoms with E-state index in [0.29, 0.717) is 10.6 Å². The normalized spacial score (nSPS) is 15.1. The number of carbonyl (C=O) groups excluding carboxylic acids is 2. The van der Waals surface area contributed by atoms with Gasteiger partial charge in [-0.3, -0.25) is 4.79 Å². The SMILES string of the molecule is COC(=O)c1c(NC(=S)NC(=O)Cc2cccs2)sc2c1CCCCCCCCCC2. The second-order valence-corrected chi connectivity index (χ2v) is 10.3. The molecule has 0 spiro atoms. The lowest BCUT2D eigenvalue weighted by molar-refractivity contribution is -0.118. The Labute approximate surface area is 197 Å². The van der Waals surface area contributed by atoms with E-state index in [9.17, 15) is 9.59 Å². The van der Waals surface area contributed by atoms with Gasteiger partial charge in [-0.2, -0.15) is 0 Å². The summed E-state index contributed by atoms with van der Waals surface area (Å²) in [5.74, 6) is -0.519. The van der Waals surface area contributed by atoms with E-state index in [2.05, 4.69) is 10.6 Å². The van der Waals surface area contributed by atoms with Crippen LogP contribution in [0.25, 0.3) is 0 Å². The van der Waals surface area contributed by atoms with Crippen LogP contribution in [0.4, 0.5) is 5.00 Å². The molecule has 1 amide bonds. The predicted molar refractivity (Wildman–Crippen MR) is 132 cm³/mol. The molecule has 168 valence electrons. The number of thiocarbonyl (C=S) groups is 1. The van der Waals surface area contributed by atoms with Gasteiger partial charge >= 0.3 is 5.97 Å². The molecule has 31 heavy (non-hydrogen) atoms. The van der Waals surface area contributed by atoms with Crippen LogP contribution >= 0.6 is 34.9 Å². The Bertz CT molecular complexity index is 890. The van der Waals surface area contributed by atoms with Gasteiger partial charge in [0.2, 0.25) is 5.91 Å². The van der Waals surface area contributed by atoms with Crippen LogP contribution in [0, 0.1) is 0 Å². The molecule has 2 N–H and O–H groups in total. The number of nitrogens with one attached hydrogen (secondary N) is 2. The molecule has 0 atom stereocenters. The van der Waals surface area contributed by atoms with Gasteiger partial charge in [0.05, 0.1) is 19.1 Å². The van der Waals surface area contributed by atoms with Crippen molar-refractivity contribution in [3.8, 4) is 0 Å². The smallest absolute Gasteiger partial charge is 0.341 e. The fraction of sp³-hybridized carbons (Fsp3) is 0.522. The average Bonchev–Trinajstić information content (AvgIpc) is 3.35. The number of rotatable bonds is 4. The zero-order valence-corrected chi connectivity index (χ0v) is 20.4. The molecule has 2 aromatic heterocycles. The third kappa shape index (κ3) is 7.12. The Kier molecular flexibility index (Phi) is 9.49. The molecule has 3 rings (SSSR count). The Balaban J connectivity index is 1.76. The Morgan fingerprint density at radius 3 is 2.39 bits per heavy atom. The van der Waals surface area contributed by atoms with Crippen molar-refractivity contribution in [2.45, 2.75) is 70.6 Å². The van der Waals surface area contributed by atoms with Gasteiger partial charge in [-0.25, -0.2) is 4.79 Å². The van der Waals surface area contributed by atoms with Crippen LogP contribution in [0.15, 0.2) is 17.5 Å². The molecule has 1 aliphatic rings. The highest BCUT2D eigenvalue weighted by atomic mass is 32.1. The number of hydrogen-bond acceptors (Lipinski definition) is 6. The zero-order valence-electron chi connectivity index (χ0n) is 18.0. The lowest BCUT2D eigenvalue weighted by Gasteiger charge is -2.11. The summed E-state index contributed by atoms with van der Waals surface area (Å²) in [6.45, 7) is 0. The molecule has 0 bridgehead atoms. The Morgan fingerprint density at radius 1 is 1.06 bits per heavy atom. The number of amides is 1. The van der Waals surface area contributed by atoms with Crippen LogP contribution in [0.3, 0.4) is 0 Å². The first kappa shape index (κ1) is 23.9. The Hall–Kier alpha value is -1.77. The summed E-state index contributed by atoms with van der Waals surface area (Å²) in [7, 11) is 1.41. The standard InChI is InChI=1S/C23H30N2O3S3/c1-28-22(27)20-17-12-8-6-4-2-3-5-7-9-13-18(17)31-21(20)25-23(29)24-19(26)15-16-11-10-14-30-16/h10-11,14H,2-9,12-13,15H2,1H3,(H2,24,25,26,29). The first-order chi connectivity index (χ1) is 15.1. The minimum absolute atomic E-state index is 0.171. The van der Waals surface area contributed by atoms with Crippen molar-refractivity contribution in [1.82, 2.24) is 5.32 Å². The Morgan fingerprint density at radius 2 is 1.74 bits per heavy atom. The van der Waals surface area contributed by atoms with Crippen LogP contribution in [-0.4, -0.2) is 24.1 Å². The van der Waals surface area contributed by atoms with Crippen LogP contribution < -0.4 is 10.6 Å². The topological polar surface area (TPSA) is 67.4 Å². The molecule has 0 radical (unpaired) electrons. The minimum atomic E-state index is -0.347. The molecule has 8 heteroatoms. The average molecular weight is 479 g/mol. The minimum Gasteiger partial charge on any atom is -0.465 e. The lowest BCUT2D eigenvalue weighted by atomic mass is 9.97. The van der Waals surface area contributed by atoms with Crippen LogP contribution in [-0.2, 0) is 28.8 Å². The quantitative estimate of drug-likeness (QED) is 0.425. The van der Waals surface area contributed by atoms with E-state index in [1.54, 1.807) is 11.3 Å². The largest absolute Gasteiger partial charge is 0.465 e. The number of fused-ring (bicyclic) bond motifs is 1. The summed E-state index contributed by atoms with van der Waals surface area (Å²) < 4.78 is 5.11. The molecule has 0 aromatic carbocycles. The van der Waals surface area contributed by atoms with E-state index in [1.807, 2.05) is 17.5 Å². The summed E-state index contributed by atoms with van der Waals surface area (Å²) in [6, 6.07) is 3.84. The molecule has 1 aliphatic carbocycles. The second-order valence-electron chi connectivity index (χ2n) is 7.79. The lowest BCUT2D eigenvalue weighted by Crippen LogP contribution is -2.35. The highest BCUT2D eigenvalue weighted by molar-refractivity contribution is 7.80. The van der Waals surface area contributed by atoms with Crippen molar-refractivity contribution >= 4 is 56.9 Å². The van der Waals surface area contributed by atoms with Crippen molar-refractivity contribution in [3.05, 3.63) is 38.4 Å². The molecular formula is C23H30N2O3S3. The third-order valence-electron chi connectivity index (χ3n) is 5.46. The van der Waals surface area contributed by atoms with Gasteiger partial charge in [0, 0.05) is 9.75 Å². The fourth-order valence-corrected chi connectivity index (χ4v) is 6.18. The molecular weight excluding hydrogens is 448 g/mol. The molecule has 0 fully saturated rings. The van der Waals surface area contributed by atoms with Crippen molar-refractivity contribution in [1.29, 1.82) is 0 Å². The van der Waals surface area contributed by atoms with E-state index in [0.717, 1.165) is 36.1 Å². The summed E-state index contributed by atoms with van der Waals surface area (Å²) in [4.78, 5) is 27.2. The first-order valence-electron chi connectivity index (χ1n) is 10.9.